The molecule has 1 amide bonds. The normalized spacial score (nSPS) is 15.8. The molecule has 194 valence electrons. The number of hydrogen-bond donors (Lipinski definition) is 0. The van der Waals surface area contributed by atoms with Gasteiger partial charge in [0.15, 0.2) is 28.4 Å². The van der Waals surface area contributed by atoms with E-state index in [-0.39, 0.29) is 30.4 Å². The molecule has 0 saturated heterocycles. The van der Waals surface area contributed by atoms with Gasteiger partial charge in [0.2, 0.25) is 12.6 Å². The Balaban J connectivity index is 1.48. The van der Waals surface area contributed by atoms with Crippen LogP contribution in [0.2, 0.25) is 0 Å². The Bertz CT molecular complexity index is 1610. The third-order valence-corrected chi connectivity index (χ3v) is 6.74. The summed E-state index contributed by atoms with van der Waals surface area (Å²) >= 11 is 0. The topological polar surface area (TPSA) is 87.4 Å². The highest BCUT2D eigenvalue weighted by Gasteiger charge is 2.43. The fourth-order valence-corrected chi connectivity index (χ4v) is 4.94. The van der Waals surface area contributed by atoms with Crippen molar-refractivity contribution in [1.82, 2.24) is 4.90 Å². The van der Waals surface area contributed by atoms with Crippen LogP contribution in [0.25, 0.3) is 11.0 Å². The smallest absolute Gasteiger partial charge is 0.291 e. The lowest BCUT2D eigenvalue weighted by Crippen LogP contribution is -2.29. The predicted molar refractivity (Wildman–Crippen MR) is 140 cm³/mol. The van der Waals surface area contributed by atoms with E-state index in [1.54, 1.807) is 36.3 Å². The summed E-state index contributed by atoms with van der Waals surface area (Å²) in [5, 5.41) is 0.429. The molecule has 6 rings (SSSR count). The lowest BCUT2D eigenvalue weighted by atomic mass is 9.97. The first kappa shape index (κ1) is 23.9. The Labute approximate surface area is 219 Å². The number of fused-ring (bicyclic) bond motifs is 3. The lowest BCUT2D eigenvalue weighted by Gasteiger charge is -2.26. The van der Waals surface area contributed by atoms with Gasteiger partial charge in [-0.3, -0.25) is 9.59 Å². The molecule has 0 fully saturated rings. The van der Waals surface area contributed by atoms with Crippen molar-refractivity contribution in [3.63, 3.8) is 0 Å². The van der Waals surface area contributed by atoms with E-state index in [4.69, 9.17) is 23.4 Å². The van der Waals surface area contributed by atoms with Crippen LogP contribution in [0.3, 0.4) is 0 Å². The third-order valence-electron chi connectivity index (χ3n) is 6.74. The van der Waals surface area contributed by atoms with E-state index in [0.29, 0.717) is 57.6 Å². The van der Waals surface area contributed by atoms with Crippen molar-refractivity contribution in [2.75, 3.05) is 20.5 Å². The highest BCUT2D eigenvalue weighted by molar-refractivity contribution is 5.99. The van der Waals surface area contributed by atoms with Crippen molar-refractivity contribution < 1.29 is 28.2 Å². The minimum Gasteiger partial charge on any atom is -0.493 e. The van der Waals surface area contributed by atoms with Crippen LogP contribution in [0.5, 0.6) is 23.0 Å². The molecule has 0 aliphatic carbocycles. The van der Waals surface area contributed by atoms with Crippen LogP contribution in [0.4, 0.5) is 0 Å². The largest absolute Gasteiger partial charge is 0.493 e. The van der Waals surface area contributed by atoms with Gasteiger partial charge in [-0.1, -0.05) is 38.1 Å². The summed E-state index contributed by atoms with van der Waals surface area (Å²) in [7, 11) is 1.57. The molecule has 0 bridgehead atoms. The van der Waals surface area contributed by atoms with Gasteiger partial charge < -0.3 is 28.3 Å². The van der Waals surface area contributed by atoms with Gasteiger partial charge in [-0.05, 0) is 53.4 Å². The highest BCUT2D eigenvalue weighted by Crippen LogP contribution is 2.42. The Hall–Kier alpha value is -4.46. The number of hydrogen-bond acceptors (Lipinski definition) is 7. The molecule has 3 aromatic carbocycles. The first-order chi connectivity index (χ1) is 18.4. The third kappa shape index (κ3) is 4.02. The molecule has 3 heterocycles. The average molecular weight is 514 g/mol. The molecule has 2 aliphatic rings. The summed E-state index contributed by atoms with van der Waals surface area (Å²) in [4.78, 5) is 29.2. The standard InChI is InChI=1S/C30H27NO7/c1-17(2)15-35-22-11-9-19(13-24(22)34-3)27-26-28(32)20-6-4-5-7-21(20)38-29(26)30(33)31(27)14-18-8-10-23-25(12-18)37-16-36-23/h4-13,17,27H,14-16H2,1-3H3/t27-/m0/s1. The quantitative estimate of drug-likeness (QED) is 0.331. The van der Waals surface area contributed by atoms with Gasteiger partial charge in [0.1, 0.15) is 5.58 Å². The lowest BCUT2D eigenvalue weighted by molar-refractivity contribution is 0.0714. The second kappa shape index (κ2) is 9.45. The number of benzene rings is 3. The van der Waals surface area contributed by atoms with Crippen molar-refractivity contribution in [1.29, 1.82) is 0 Å². The fourth-order valence-electron chi connectivity index (χ4n) is 4.94. The van der Waals surface area contributed by atoms with Gasteiger partial charge >= 0.3 is 0 Å². The van der Waals surface area contributed by atoms with E-state index in [9.17, 15) is 9.59 Å². The van der Waals surface area contributed by atoms with Crippen LogP contribution in [-0.2, 0) is 6.54 Å². The van der Waals surface area contributed by atoms with E-state index < -0.39 is 6.04 Å². The number of rotatable bonds is 7. The van der Waals surface area contributed by atoms with Crippen LogP contribution < -0.4 is 24.4 Å². The number of para-hydroxylation sites is 1. The summed E-state index contributed by atoms with van der Waals surface area (Å²) in [6.45, 7) is 5.06. The van der Waals surface area contributed by atoms with Crippen molar-refractivity contribution in [3.8, 4) is 23.0 Å². The van der Waals surface area contributed by atoms with Gasteiger partial charge in [-0.2, -0.15) is 0 Å². The van der Waals surface area contributed by atoms with E-state index in [0.717, 1.165) is 5.56 Å². The first-order valence-corrected chi connectivity index (χ1v) is 12.5. The first-order valence-electron chi connectivity index (χ1n) is 12.5. The van der Waals surface area contributed by atoms with Crippen molar-refractivity contribution in [2.24, 2.45) is 5.92 Å². The summed E-state index contributed by atoms with van der Waals surface area (Å²) in [6, 6.07) is 17.4. The molecule has 2 aliphatic heterocycles. The minimum absolute atomic E-state index is 0.0542. The predicted octanol–water partition coefficient (Wildman–Crippen LogP) is 5.31. The second-order valence-electron chi connectivity index (χ2n) is 9.81. The highest BCUT2D eigenvalue weighted by atomic mass is 16.7. The fraction of sp³-hybridized carbons (Fsp3) is 0.267. The summed E-state index contributed by atoms with van der Waals surface area (Å²) in [5.74, 6) is 2.44. The molecule has 4 aromatic rings. The molecule has 0 radical (unpaired) electrons. The second-order valence-corrected chi connectivity index (χ2v) is 9.81. The van der Waals surface area contributed by atoms with Crippen LogP contribution in [0.1, 0.15) is 47.1 Å². The Morgan fingerprint density at radius 3 is 2.61 bits per heavy atom. The molecular weight excluding hydrogens is 486 g/mol. The maximum atomic E-state index is 13.8. The van der Waals surface area contributed by atoms with Crippen molar-refractivity contribution in [2.45, 2.75) is 26.4 Å². The van der Waals surface area contributed by atoms with Gasteiger partial charge in [0, 0.05) is 6.54 Å². The SMILES string of the molecule is COc1cc([C@H]2c3c(oc4ccccc4c3=O)C(=O)N2Cc2ccc3c(c2)OCO3)ccc1OCC(C)C. The molecular formula is C30H27NO7. The van der Waals surface area contributed by atoms with Gasteiger partial charge in [0.05, 0.1) is 30.7 Å². The number of carbonyl (C=O) groups excluding carboxylic acids is 1. The Morgan fingerprint density at radius 1 is 0.974 bits per heavy atom. The van der Waals surface area contributed by atoms with E-state index in [1.165, 1.54) is 0 Å². The Morgan fingerprint density at radius 2 is 1.79 bits per heavy atom. The van der Waals surface area contributed by atoms with Crippen LogP contribution in [0.15, 0.2) is 69.9 Å². The maximum Gasteiger partial charge on any atom is 0.291 e. The van der Waals surface area contributed by atoms with Crippen LogP contribution in [0, 0.1) is 5.92 Å². The zero-order valence-electron chi connectivity index (χ0n) is 21.4. The number of carbonyl (C=O) groups is 1. The van der Waals surface area contributed by atoms with Crippen LogP contribution in [-0.4, -0.2) is 31.3 Å². The number of nitrogens with zero attached hydrogens (tertiary/aromatic N) is 1. The number of amides is 1. The molecule has 8 nitrogen and oxygen atoms in total. The van der Waals surface area contributed by atoms with Crippen molar-refractivity contribution in [3.05, 3.63) is 93.3 Å². The average Bonchev–Trinajstić information content (AvgIpc) is 3.50. The number of methoxy groups -OCH3 is 1. The zero-order valence-corrected chi connectivity index (χ0v) is 21.4. The molecule has 1 aromatic heterocycles. The van der Waals surface area contributed by atoms with E-state index in [1.807, 2.05) is 36.4 Å². The van der Waals surface area contributed by atoms with Gasteiger partial charge in [-0.15, -0.1) is 0 Å². The summed E-state index contributed by atoms with van der Waals surface area (Å²) in [6.07, 6.45) is 0. The molecule has 0 saturated carbocycles. The monoisotopic (exact) mass is 513 g/mol. The van der Waals surface area contributed by atoms with Crippen LogP contribution >= 0.6 is 0 Å². The molecule has 0 spiro atoms. The molecule has 8 heteroatoms. The van der Waals surface area contributed by atoms with E-state index in [2.05, 4.69) is 13.8 Å². The summed E-state index contributed by atoms with van der Waals surface area (Å²) < 4.78 is 28.6. The molecule has 38 heavy (non-hydrogen) atoms. The van der Waals surface area contributed by atoms with E-state index >= 15 is 0 Å². The Kier molecular flexibility index (Phi) is 5.94. The maximum absolute atomic E-state index is 13.8. The summed E-state index contributed by atoms with van der Waals surface area (Å²) in [5.41, 5.74) is 2.01. The molecule has 0 N–H and O–H groups in total. The zero-order chi connectivity index (χ0) is 26.4. The van der Waals surface area contributed by atoms with Crippen molar-refractivity contribution >= 4 is 16.9 Å². The van der Waals surface area contributed by atoms with Gasteiger partial charge in [-0.25, -0.2) is 0 Å². The minimum atomic E-state index is -0.683. The molecule has 1 atom stereocenters. The molecule has 0 unspecified atom stereocenters. The van der Waals surface area contributed by atoms with Gasteiger partial charge in [0.25, 0.3) is 5.91 Å². The number of ether oxygens (including phenoxy) is 4.